The predicted molar refractivity (Wildman–Crippen MR) is 73.8 cm³/mol. The van der Waals surface area contributed by atoms with E-state index in [9.17, 15) is 21.2 Å². The summed E-state index contributed by atoms with van der Waals surface area (Å²) in [5, 5.41) is 0. The summed E-state index contributed by atoms with van der Waals surface area (Å²) < 4.78 is 61.0. The third kappa shape index (κ3) is 4.23. The predicted octanol–water partition coefficient (Wildman–Crippen LogP) is -0.0505. The molecule has 114 valence electrons. The van der Waals surface area contributed by atoms with E-state index in [2.05, 4.69) is 0 Å². The summed E-state index contributed by atoms with van der Waals surface area (Å²) >= 11 is 0. The van der Waals surface area contributed by atoms with Crippen LogP contribution in [-0.4, -0.2) is 46.7 Å². The number of hydrogen-bond donors (Lipinski definition) is 1. The topological polar surface area (TPSA) is 97.5 Å². The van der Waals surface area contributed by atoms with Crippen LogP contribution in [0, 0.1) is 5.82 Å². The van der Waals surface area contributed by atoms with Gasteiger partial charge in [-0.25, -0.2) is 21.2 Å². The Morgan fingerprint density at radius 3 is 2.35 bits per heavy atom. The van der Waals surface area contributed by atoms with Crippen molar-refractivity contribution in [1.29, 1.82) is 0 Å². The molecule has 0 saturated heterocycles. The molecule has 2 N–H and O–H groups in total. The lowest BCUT2D eigenvalue weighted by molar-refractivity contribution is 0.476. The average Bonchev–Trinajstić information content (AvgIpc) is 2.35. The van der Waals surface area contributed by atoms with Gasteiger partial charge in [-0.1, -0.05) is 6.07 Å². The fourth-order valence-corrected chi connectivity index (χ4v) is 3.46. The maximum atomic E-state index is 13.7. The van der Waals surface area contributed by atoms with Crippen molar-refractivity contribution < 1.29 is 21.2 Å². The van der Waals surface area contributed by atoms with Crippen molar-refractivity contribution in [2.24, 2.45) is 5.73 Å². The molecular formula is C11H17FN2O4S2. The lowest BCUT2D eigenvalue weighted by Gasteiger charge is -2.17. The Bertz CT molecular complexity index is 686. The van der Waals surface area contributed by atoms with Gasteiger partial charge in [0.05, 0.1) is 5.75 Å². The molecule has 0 spiro atoms. The zero-order chi connectivity index (χ0) is 15.6. The van der Waals surface area contributed by atoms with Crippen LogP contribution >= 0.6 is 0 Å². The highest BCUT2D eigenvalue weighted by molar-refractivity contribution is 7.91. The van der Waals surface area contributed by atoms with E-state index in [4.69, 9.17) is 5.73 Å². The summed E-state index contributed by atoms with van der Waals surface area (Å²) in [7, 11) is -6.19. The average molecular weight is 324 g/mol. The second kappa shape index (κ2) is 6.17. The summed E-state index contributed by atoms with van der Waals surface area (Å²) in [6.07, 6.45) is 1.00. The molecular weight excluding hydrogens is 307 g/mol. The molecule has 0 bridgehead atoms. The number of hydrogen-bond acceptors (Lipinski definition) is 5. The first kappa shape index (κ1) is 17.0. The highest BCUT2D eigenvalue weighted by Gasteiger charge is 2.25. The molecule has 20 heavy (non-hydrogen) atoms. The van der Waals surface area contributed by atoms with E-state index in [1.165, 1.54) is 13.1 Å². The largest absolute Gasteiger partial charge is 0.326 e. The van der Waals surface area contributed by atoms with Crippen LogP contribution in [0.5, 0.6) is 0 Å². The van der Waals surface area contributed by atoms with E-state index in [-0.39, 0.29) is 18.8 Å². The van der Waals surface area contributed by atoms with Crippen molar-refractivity contribution in [2.45, 2.75) is 11.4 Å². The van der Waals surface area contributed by atoms with Crippen molar-refractivity contribution in [1.82, 2.24) is 4.31 Å². The van der Waals surface area contributed by atoms with Crippen molar-refractivity contribution in [3.63, 3.8) is 0 Å². The van der Waals surface area contributed by atoms with Gasteiger partial charge in [0.25, 0.3) is 0 Å². The Morgan fingerprint density at radius 2 is 1.85 bits per heavy atom. The van der Waals surface area contributed by atoms with E-state index in [1.807, 2.05) is 0 Å². The van der Waals surface area contributed by atoms with Gasteiger partial charge >= 0.3 is 0 Å². The first-order chi connectivity index (χ1) is 9.08. The fourth-order valence-electron chi connectivity index (χ4n) is 1.45. The van der Waals surface area contributed by atoms with Crippen LogP contribution in [0.4, 0.5) is 4.39 Å². The molecule has 0 atom stereocenters. The van der Waals surface area contributed by atoms with Gasteiger partial charge in [-0.2, -0.15) is 4.31 Å². The van der Waals surface area contributed by atoms with Crippen molar-refractivity contribution >= 4 is 19.9 Å². The summed E-state index contributed by atoms with van der Waals surface area (Å²) in [5.74, 6) is -1.23. The van der Waals surface area contributed by atoms with Gasteiger partial charge in [-0.05, 0) is 17.7 Å². The Kier molecular flexibility index (Phi) is 5.25. The van der Waals surface area contributed by atoms with Crippen LogP contribution in [0.25, 0.3) is 0 Å². The molecule has 0 unspecified atom stereocenters. The normalized spacial score (nSPS) is 12.8. The third-order valence-corrected chi connectivity index (χ3v) is 5.49. The van der Waals surface area contributed by atoms with Gasteiger partial charge in [0.15, 0.2) is 0 Å². The molecule has 0 aliphatic carbocycles. The first-order valence-corrected chi connectivity index (χ1v) is 9.20. The number of sulfone groups is 1. The zero-order valence-electron chi connectivity index (χ0n) is 11.2. The van der Waals surface area contributed by atoms with Gasteiger partial charge in [0, 0.05) is 26.4 Å². The van der Waals surface area contributed by atoms with Gasteiger partial charge < -0.3 is 5.73 Å². The molecule has 0 saturated carbocycles. The molecule has 0 radical (unpaired) electrons. The standard InChI is InChI=1S/C11H17FN2O4S2/c1-14(5-6-19(2,15)16)20(17,18)11-7-9(8-13)3-4-10(11)12/h3-4,7H,5-6,8,13H2,1-2H3. The molecule has 1 aromatic carbocycles. The molecule has 0 heterocycles. The quantitative estimate of drug-likeness (QED) is 0.791. The minimum absolute atomic E-state index is 0.0792. The summed E-state index contributed by atoms with van der Waals surface area (Å²) in [6.45, 7) is -0.163. The Morgan fingerprint density at radius 1 is 1.25 bits per heavy atom. The van der Waals surface area contributed by atoms with Crippen molar-refractivity contribution in [2.75, 3.05) is 25.6 Å². The SMILES string of the molecule is CN(CCS(C)(=O)=O)S(=O)(=O)c1cc(CN)ccc1F. The molecule has 0 aliphatic heterocycles. The molecule has 9 heteroatoms. The molecule has 0 aromatic heterocycles. The first-order valence-electron chi connectivity index (χ1n) is 5.70. The molecule has 1 aromatic rings. The van der Waals surface area contributed by atoms with Gasteiger partial charge in [0.1, 0.15) is 20.5 Å². The van der Waals surface area contributed by atoms with E-state index >= 15 is 0 Å². The second-order valence-corrected chi connectivity index (χ2v) is 8.70. The Balaban J connectivity index is 3.10. The van der Waals surface area contributed by atoms with Crippen LogP contribution in [0.15, 0.2) is 23.1 Å². The molecule has 0 fully saturated rings. The Labute approximate surface area is 118 Å². The molecule has 0 aliphatic rings. The maximum absolute atomic E-state index is 13.7. The monoisotopic (exact) mass is 324 g/mol. The lowest BCUT2D eigenvalue weighted by atomic mass is 10.2. The second-order valence-electron chi connectivity index (χ2n) is 4.43. The van der Waals surface area contributed by atoms with Gasteiger partial charge in [0.2, 0.25) is 10.0 Å². The van der Waals surface area contributed by atoms with Crippen molar-refractivity contribution in [3.8, 4) is 0 Å². The van der Waals surface area contributed by atoms with Crippen LogP contribution < -0.4 is 5.73 Å². The number of nitrogens with zero attached hydrogens (tertiary/aromatic N) is 1. The molecule has 6 nitrogen and oxygen atoms in total. The number of sulfonamides is 1. The number of rotatable bonds is 6. The van der Waals surface area contributed by atoms with E-state index in [0.717, 1.165) is 22.7 Å². The number of benzene rings is 1. The maximum Gasteiger partial charge on any atom is 0.245 e. The molecule has 0 amide bonds. The fraction of sp³-hybridized carbons (Fsp3) is 0.455. The zero-order valence-corrected chi connectivity index (χ0v) is 12.8. The van der Waals surface area contributed by atoms with E-state index in [1.54, 1.807) is 0 Å². The summed E-state index contributed by atoms with van der Waals surface area (Å²) in [6, 6.07) is 3.58. The Hall–Kier alpha value is -1.03. The third-order valence-electron chi connectivity index (χ3n) is 2.70. The minimum Gasteiger partial charge on any atom is -0.326 e. The van der Waals surface area contributed by atoms with Crippen LogP contribution in [0.2, 0.25) is 0 Å². The van der Waals surface area contributed by atoms with Crippen LogP contribution in [0.3, 0.4) is 0 Å². The van der Waals surface area contributed by atoms with Crippen molar-refractivity contribution in [3.05, 3.63) is 29.6 Å². The minimum atomic E-state index is -4.09. The van der Waals surface area contributed by atoms with Gasteiger partial charge in [-0.15, -0.1) is 0 Å². The van der Waals surface area contributed by atoms with Crippen LogP contribution in [-0.2, 0) is 26.4 Å². The highest BCUT2D eigenvalue weighted by Crippen LogP contribution is 2.19. The molecule has 1 rings (SSSR count). The van der Waals surface area contributed by atoms with Crippen LogP contribution in [0.1, 0.15) is 5.56 Å². The summed E-state index contributed by atoms with van der Waals surface area (Å²) in [5.41, 5.74) is 5.87. The highest BCUT2D eigenvalue weighted by atomic mass is 32.2. The van der Waals surface area contributed by atoms with E-state index < -0.39 is 30.6 Å². The number of halogens is 1. The lowest BCUT2D eigenvalue weighted by Crippen LogP contribution is -2.32. The van der Waals surface area contributed by atoms with E-state index in [0.29, 0.717) is 5.56 Å². The summed E-state index contributed by atoms with van der Waals surface area (Å²) in [4.78, 5) is -0.503. The van der Waals surface area contributed by atoms with Gasteiger partial charge in [-0.3, -0.25) is 0 Å². The number of nitrogens with two attached hydrogens (primary N) is 1. The smallest absolute Gasteiger partial charge is 0.245 e.